The van der Waals surface area contributed by atoms with Gasteiger partial charge in [0.1, 0.15) is 12.7 Å². The van der Waals surface area contributed by atoms with Gasteiger partial charge in [-0.3, -0.25) is 0 Å². The van der Waals surface area contributed by atoms with E-state index in [0.717, 1.165) is 11.1 Å². The minimum Gasteiger partial charge on any atom is -0.395 e. The SMILES string of the molecule is OCCC#Cc1cccc(Cn2cncn2)c1. The normalized spacial score (nSPS) is 9.71. The molecule has 2 rings (SSSR count). The molecule has 0 radical (unpaired) electrons. The van der Waals surface area contributed by atoms with Crippen LogP contribution in [0.3, 0.4) is 0 Å². The third kappa shape index (κ3) is 3.44. The Morgan fingerprint density at radius 1 is 1.35 bits per heavy atom. The van der Waals surface area contributed by atoms with Gasteiger partial charge in [0, 0.05) is 12.0 Å². The monoisotopic (exact) mass is 227 g/mol. The van der Waals surface area contributed by atoms with Crippen molar-refractivity contribution in [2.24, 2.45) is 0 Å². The summed E-state index contributed by atoms with van der Waals surface area (Å²) in [7, 11) is 0. The maximum Gasteiger partial charge on any atom is 0.137 e. The van der Waals surface area contributed by atoms with Gasteiger partial charge in [0.15, 0.2) is 0 Å². The number of hydrogen-bond donors (Lipinski definition) is 1. The summed E-state index contributed by atoms with van der Waals surface area (Å²) in [5.74, 6) is 5.91. The molecule has 0 saturated heterocycles. The van der Waals surface area contributed by atoms with Crippen molar-refractivity contribution in [2.75, 3.05) is 6.61 Å². The highest BCUT2D eigenvalue weighted by Crippen LogP contribution is 2.05. The second kappa shape index (κ2) is 5.83. The third-order valence-corrected chi connectivity index (χ3v) is 2.21. The Bertz CT molecular complexity index is 523. The van der Waals surface area contributed by atoms with E-state index in [2.05, 4.69) is 21.9 Å². The van der Waals surface area contributed by atoms with E-state index in [1.807, 2.05) is 24.3 Å². The molecule has 4 heteroatoms. The zero-order chi connectivity index (χ0) is 11.9. The summed E-state index contributed by atoms with van der Waals surface area (Å²) in [6.45, 7) is 0.793. The van der Waals surface area contributed by atoms with Gasteiger partial charge in [-0.1, -0.05) is 24.0 Å². The third-order valence-electron chi connectivity index (χ3n) is 2.21. The topological polar surface area (TPSA) is 50.9 Å². The van der Waals surface area contributed by atoms with Crippen molar-refractivity contribution in [2.45, 2.75) is 13.0 Å². The van der Waals surface area contributed by atoms with Gasteiger partial charge in [0.25, 0.3) is 0 Å². The van der Waals surface area contributed by atoms with E-state index < -0.39 is 0 Å². The van der Waals surface area contributed by atoms with Crippen LogP contribution >= 0.6 is 0 Å². The first-order chi connectivity index (χ1) is 8.38. The number of nitrogens with zero attached hydrogens (tertiary/aromatic N) is 3. The van der Waals surface area contributed by atoms with Gasteiger partial charge in [-0.2, -0.15) is 5.10 Å². The molecule has 0 spiro atoms. The van der Waals surface area contributed by atoms with Gasteiger partial charge in [0.2, 0.25) is 0 Å². The fraction of sp³-hybridized carbons (Fsp3) is 0.231. The Balaban J connectivity index is 2.09. The predicted molar refractivity (Wildman–Crippen MR) is 64.1 cm³/mol. The van der Waals surface area contributed by atoms with E-state index >= 15 is 0 Å². The average Bonchev–Trinajstić information content (AvgIpc) is 2.83. The molecule has 0 saturated carbocycles. The van der Waals surface area contributed by atoms with Gasteiger partial charge < -0.3 is 5.11 Å². The summed E-state index contributed by atoms with van der Waals surface area (Å²) in [5.41, 5.74) is 2.09. The summed E-state index contributed by atoms with van der Waals surface area (Å²) in [6.07, 6.45) is 3.71. The molecule has 1 N–H and O–H groups in total. The predicted octanol–water partition coefficient (Wildman–Crippen LogP) is 1.06. The quantitative estimate of drug-likeness (QED) is 0.798. The molecule has 0 aliphatic carbocycles. The zero-order valence-electron chi connectivity index (χ0n) is 9.37. The van der Waals surface area contributed by atoms with Crippen molar-refractivity contribution in [1.82, 2.24) is 14.8 Å². The molecule has 1 aromatic carbocycles. The molecule has 86 valence electrons. The van der Waals surface area contributed by atoms with Crippen LogP contribution in [-0.4, -0.2) is 26.5 Å². The van der Waals surface area contributed by atoms with Gasteiger partial charge in [0.05, 0.1) is 13.2 Å². The molecule has 0 aliphatic rings. The molecule has 1 aromatic heterocycles. The van der Waals surface area contributed by atoms with Crippen molar-refractivity contribution in [3.8, 4) is 11.8 Å². The number of aliphatic hydroxyl groups excluding tert-OH is 1. The second-order valence-corrected chi connectivity index (χ2v) is 3.57. The van der Waals surface area contributed by atoms with E-state index in [0.29, 0.717) is 13.0 Å². The van der Waals surface area contributed by atoms with Crippen LogP contribution in [-0.2, 0) is 6.54 Å². The fourth-order valence-electron chi connectivity index (χ4n) is 1.47. The lowest BCUT2D eigenvalue weighted by molar-refractivity contribution is 0.305. The highest BCUT2D eigenvalue weighted by atomic mass is 16.2. The number of aliphatic hydroxyl groups is 1. The maximum atomic E-state index is 8.65. The molecule has 0 amide bonds. The lowest BCUT2D eigenvalue weighted by Crippen LogP contribution is -1.99. The molecule has 0 aliphatic heterocycles. The van der Waals surface area contributed by atoms with Crippen LogP contribution in [0.2, 0.25) is 0 Å². The van der Waals surface area contributed by atoms with Crippen LogP contribution in [0.15, 0.2) is 36.9 Å². The minimum absolute atomic E-state index is 0.103. The molecule has 0 atom stereocenters. The minimum atomic E-state index is 0.103. The number of rotatable bonds is 3. The summed E-state index contributed by atoms with van der Waals surface area (Å²) < 4.78 is 1.76. The van der Waals surface area contributed by atoms with Crippen molar-refractivity contribution in [3.05, 3.63) is 48.0 Å². The largest absolute Gasteiger partial charge is 0.395 e. The number of hydrogen-bond acceptors (Lipinski definition) is 3. The molecular formula is C13H13N3O. The summed E-state index contributed by atoms with van der Waals surface area (Å²) >= 11 is 0. The van der Waals surface area contributed by atoms with E-state index in [1.165, 1.54) is 6.33 Å². The summed E-state index contributed by atoms with van der Waals surface area (Å²) in [5, 5.41) is 12.7. The van der Waals surface area contributed by atoms with Crippen LogP contribution in [0, 0.1) is 11.8 Å². The first kappa shape index (κ1) is 11.4. The molecule has 0 unspecified atom stereocenters. The molecule has 4 nitrogen and oxygen atoms in total. The molecule has 2 aromatic rings. The number of benzene rings is 1. The highest BCUT2D eigenvalue weighted by Gasteiger charge is 1.96. The van der Waals surface area contributed by atoms with Crippen molar-refractivity contribution < 1.29 is 5.11 Å². The van der Waals surface area contributed by atoms with Crippen molar-refractivity contribution in [1.29, 1.82) is 0 Å². The lowest BCUT2D eigenvalue weighted by Gasteiger charge is -2.01. The highest BCUT2D eigenvalue weighted by molar-refractivity contribution is 5.37. The number of aromatic nitrogens is 3. The Morgan fingerprint density at radius 2 is 2.29 bits per heavy atom. The van der Waals surface area contributed by atoms with Crippen LogP contribution in [0.5, 0.6) is 0 Å². The van der Waals surface area contributed by atoms with Gasteiger partial charge in [-0.15, -0.1) is 0 Å². The standard InChI is InChI=1S/C13H13N3O/c17-7-2-1-4-12-5-3-6-13(8-12)9-16-11-14-10-15-16/h3,5-6,8,10-11,17H,2,7,9H2. The van der Waals surface area contributed by atoms with Gasteiger partial charge in [-0.25, -0.2) is 9.67 Å². The van der Waals surface area contributed by atoms with Crippen LogP contribution in [0.1, 0.15) is 17.5 Å². The molecule has 0 fully saturated rings. The van der Waals surface area contributed by atoms with Crippen LogP contribution < -0.4 is 0 Å². The Morgan fingerprint density at radius 3 is 3.06 bits per heavy atom. The lowest BCUT2D eigenvalue weighted by atomic mass is 10.1. The van der Waals surface area contributed by atoms with Crippen LogP contribution in [0.4, 0.5) is 0 Å². The summed E-state index contributed by atoms with van der Waals surface area (Å²) in [6, 6.07) is 7.97. The molecular weight excluding hydrogens is 214 g/mol. The van der Waals surface area contributed by atoms with E-state index in [-0.39, 0.29) is 6.61 Å². The first-order valence-electron chi connectivity index (χ1n) is 5.39. The van der Waals surface area contributed by atoms with Crippen LogP contribution in [0.25, 0.3) is 0 Å². The van der Waals surface area contributed by atoms with Crippen molar-refractivity contribution >= 4 is 0 Å². The Labute approximate surface area is 99.9 Å². The maximum absolute atomic E-state index is 8.65. The van der Waals surface area contributed by atoms with Gasteiger partial charge in [-0.05, 0) is 17.7 Å². The molecule has 17 heavy (non-hydrogen) atoms. The first-order valence-corrected chi connectivity index (χ1v) is 5.39. The average molecular weight is 227 g/mol. The summed E-state index contributed by atoms with van der Waals surface area (Å²) in [4.78, 5) is 3.90. The van der Waals surface area contributed by atoms with E-state index in [4.69, 9.17) is 5.11 Å². The van der Waals surface area contributed by atoms with Gasteiger partial charge >= 0.3 is 0 Å². The zero-order valence-corrected chi connectivity index (χ0v) is 9.37. The smallest absolute Gasteiger partial charge is 0.137 e. The second-order valence-electron chi connectivity index (χ2n) is 3.57. The molecule has 0 bridgehead atoms. The Hall–Kier alpha value is -2.12. The van der Waals surface area contributed by atoms with Crippen molar-refractivity contribution in [3.63, 3.8) is 0 Å². The molecule has 1 heterocycles. The Kier molecular flexibility index (Phi) is 3.90. The van der Waals surface area contributed by atoms with E-state index in [1.54, 1.807) is 11.0 Å². The van der Waals surface area contributed by atoms with E-state index in [9.17, 15) is 0 Å². The fourth-order valence-corrected chi connectivity index (χ4v) is 1.47.